The lowest BCUT2D eigenvalue weighted by atomic mass is 10.3. The number of hydrogen-bond acceptors (Lipinski definition) is 2. The molecule has 3 rings (SSSR count). The van der Waals surface area contributed by atoms with E-state index in [1.165, 1.54) is 0 Å². The molecule has 0 aliphatic rings. The SMILES string of the molecule is Cn1c(CO)ccc1-n1cnc2ccccc21. The minimum atomic E-state index is 0.0448. The highest BCUT2D eigenvalue weighted by molar-refractivity contribution is 5.76. The van der Waals surface area contributed by atoms with Gasteiger partial charge in [0.2, 0.25) is 0 Å². The summed E-state index contributed by atoms with van der Waals surface area (Å²) in [5, 5.41) is 9.20. The van der Waals surface area contributed by atoms with Gasteiger partial charge in [0.15, 0.2) is 0 Å². The first-order chi connectivity index (χ1) is 8.31. The summed E-state index contributed by atoms with van der Waals surface area (Å²) in [6.45, 7) is 0.0448. The van der Waals surface area contributed by atoms with Crippen LogP contribution < -0.4 is 0 Å². The van der Waals surface area contributed by atoms with E-state index in [4.69, 9.17) is 0 Å². The molecule has 1 N–H and O–H groups in total. The predicted molar refractivity (Wildman–Crippen MR) is 66.0 cm³/mol. The highest BCUT2D eigenvalue weighted by Crippen LogP contribution is 2.19. The van der Waals surface area contributed by atoms with Crippen molar-refractivity contribution in [2.45, 2.75) is 6.61 Å². The molecule has 0 fully saturated rings. The van der Waals surface area contributed by atoms with Crippen molar-refractivity contribution in [3.63, 3.8) is 0 Å². The van der Waals surface area contributed by atoms with Gasteiger partial charge in [-0.15, -0.1) is 0 Å². The maximum atomic E-state index is 9.20. The summed E-state index contributed by atoms with van der Waals surface area (Å²) in [5.74, 6) is 1.00. The Bertz CT molecular complexity index is 666. The summed E-state index contributed by atoms with van der Waals surface area (Å²) >= 11 is 0. The summed E-state index contributed by atoms with van der Waals surface area (Å²) in [7, 11) is 1.94. The van der Waals surface area contributed by atoms with Gasteiger partial charge in [0.25, 0.3) is 0 Å². The average molecular weight is 227 g/mol. The Kier molecular flexibility index (Phi) is 2.23. The van der Waals surface area contributed by atoms with Crippen LogP contribution in [-0.2, 0) is 13.7 Å². The summed E-state index contributed by atoms with van der Waals surface area (Å²) in [4.78, 5) is 4.36. The summed E-state index contributed by atoms with van der Waals surface area (Å²) in [6.07, 6.45) is 1.81. The Balaban J connectivity index is 2.24. The molecule has 0 radical (unpaired) electrons. The molecule has 2 heterocycles. The lowest BCUT2D eigenvalue weighted by Crippen LogP contribution is -2.03. The molecule has 86 valence electrons. The summed E-state index contributed by atoms with van der Waals surface area (Å²) < 4.78 is 3.99. The molecule has 0 spiro atoms. The van der Waals surface area contributed by atoms with E-state index in [0.717, 1.165) is 22.5 Å². The van der Waals surface area contributed by atoms with Gasteiger partial charge < -0.3 is 9.67 Å². The molecule has 4 heteroatoms. The van der Waals surface area contributed by atoms with E-state index in [9.17, 15) is 5.11 Å². The Hall–Kier alpha value is -2.07. The first-order valence-corrected chi connectivity index (χ1v) is 5.49. The van der Waals surface area contributed by atoms with Crippen molar-refractivity contribution >= 4 is 11.0 Å². The number of aliphatic hydroxyl groups excluding tert-OH is 1. The normalized spacial score (nSPS) is 11.2. The van der Waals surface area contributed by atoms with E-state index >= 15 is 0 Å². The number of benzene rings is 1. The highest BCUT2D eigenvalue weighted by Gasteiger charge is 2.08. The second-order valence-electron chi connectivity index (χ2n) is 4.00. The van der Waals surface area contributed by atoms with Crippen molar-refractivity contribution < 1.29 is 5.11 Å². The van der Waals surface area contributed by atoms with E-state index < -0.39 is 0 Å². The van der Waals surface area contributed by atoms with Gasteiger partial charge in [-0.1, -0.05) is 12.1 Å². The number of aliphatic hydroxyl groups is 1. The van der Waals surface area contributed by atoms with Gasteiger partial charge in [-0.05, 0) is 24.3 Å². The molecule has 1 aromatic carbocycles. The van der Waals surface area contributed by atoms with Crippen LogP contribution >= 0.6 is 0 Å². The van der Waals surface area contributed by atoms with E-state index in [2.05, 4.69) is 4.98 Å². The fourth-order valence-corrected chi connectivity index (χ4v) is 2.08. The zero-order valence-corrected chi connectivity index (χ0v) is 9.54. The third-order valence-corrected chi connectivity index (χ3v) is 3.06. The second kappa shape index (κ2) is 3.75. The maximum absolute atomic E-state index is 9.20. The molecule has 3 aromatic rings. The molecule has 4 nitrogen and oxygen atoms in total. The van der Waals surface area contributed by atoms with Crippen molar-refractivity contribution in [1.29, 1.82) is 0 Å². The van der Waals surface area contributed by atoms with Gasteiger partial charge >= 0.3 is 0 Å². The van der Waals surface area contributed by atoms with E-state index in [1.54, 1.807) is 6.33 Å². The van der Waals surface area contributed by atoms with Crippen molar-refractivity contribution in [2.75, 3.05) is 0 Å². The summed E-state index contributed by atoms with van der Waals surface area (Å²) in [5.41, 5.74) is 2.93. The van der Waals surface area contributed by atoms with Crippen molar-refractivity contribution in [3.8, 4) is 5.82 Å². The topological polar surface area (TPSA) is 43.0 Å². The van der Waals surface area contributed by atoms with Crippen LogP contribution in [0.1, 0.15) is 5.69 Å². The molecule has 0 saturated carbocycles. The van der Waals surface area contributed by atoms with Crippen molar-refractivity contribution in [3.05, 3.63) is 48.4 Å². The number of aromatic nitrogens is 3. The standard InChI is InChI=1S/C13H13N3O/c1-15-10(8-17)6-7-13(15)16-9-14-11-4-2-3-5-12(11)16/h2-7,9,17H,8H2,1H3. The van der Waals surface area contributed by atoms with Gasteiger partial charge in [0.05, 0.1) is 17.6 Å². The zero-order chi connectivity index (χ0) is 11.8. The lowest BCUT2D eigenvalue weighted by Gasteiger charge is -2.07. The third kappa shape index (κ3) is 1.45. The van der Waals surface area contributed by atoms with Crippen LogP contribution in [0.15, 0.2) is 42.7 Å². The molecule has 0 bridgehead atoms. The van der Waals surface area contributed by atoms with Crippen LogP contribution in [0.2, 0.25) is 0 Å². The molecular formula is C13H13N3O. The molecule has 0 atom stereocenters. The third-order valence-electron chi connectivity index (χ3n) is 3.06. The van der Waals surface area contributed by atoms with E-state index in [1.807, 2.05) is 52.6 Å². The predicted octanol–water partition coefficient (Wildman–Crippen LogP) is 1.86. The van der Waals surface area contributed by atoms with Crippen LogP contribution in [0, 0.1) is 0 Å². The average Bonchev–Trinajstić information content (AvgIpc) is 2.92. The fraction of sp³-hybridized carbons (Fsp3) is 0.154. The van der Waals surface area contributed by atoms with Gasteiger partial charge in [-0.25, -0.2) is 4.98 Å². The van der Waals surface area contributed by atoms with Crippen molar-refractivity contribution in [1.82, 2.24) is 14.1 Å². The minimum Gasteiger partial charge on any atom is -0.390 e. The molecule has 0 aliphatic heterocycles. The van der Waals surface area contributed by atoms with Crippen molar-refractivity contribution in [2.24, 2.45) is 7.05 Å². The number of nitrogens with zero attached hydrogens (tertiary/aromatic N) is 3. The number of rotatable bonds is 2. The molecular weight excluding hydrogens is 214 g/mol. The summed E-state index contributed by atoms with van der Waals surface area (Å²) in [6, 6.07) is 11.9. The zero-order valence-electron chi connectivity index (χ0n) is 9.54. The molecule has 0 saturated heterocycles. The number of hydrogen-bond donors (Lipinski definition) is 1. The van der Waals surface area contributed by atoms with Crippen LogP contribution in [0.5, 0.6) is 0 Å². The first-order valence-electron chi connectivity index (χ1n) is 5.49. The smallest absolute Gasteiger partial charge is 0.118 e. The van der Waals surface area contributed by atoms with Crippen LogP contribution in [0.4, 0.5) is 0 Å². The van der Waals surface area contributed by atoms with Crippen LogP contribution in [0.3, 0.4) is 0 Å². The Morgan fingerprint density at radius 2 is 2.00 bits per heavy atom. The van der Waals surface area contributed by atoms with Gasteiger partial charge in [-0.3, -0.25) is 4.57 Å². The fourth-order valence-electron chi connectivity index (χ4n) is 2.08. The lowest BCUT2D eigenvalue weighted by molar-refractivity contribution is 0.272. The Morgan fingerprint density at radius 3 is 2.76 bits per heavy atom. The quantitative estimate of drug-likeness (QED) is 0.726. The van der Waals surface area contributed by atoms with Gasteiger partial charge in [0.1, 0.15) is 12.1 Å². The second-order valence-corrected chi connectivity index (χ2v) is 4.00. The van der Waals surface area contributed by atoms with Crippen LogP contribution in [-0.4, -0.2) is 19.2 Å². The van der Waals surface area contributed by atoms with Crippen LogP contribution in [0.25, 0.3) is 16.9 Å². The first kappa shape index (κ1) is 10.1. The van der Waals surface area contributed by atoms with E-state index in [0.29, 0.717) is 0 Å². The highest BCUT2D eigenvalue weighted by atomic mass is 16.3. The minimum absolute atomic E-state index is 0.0448. The molecule has 0 amide bonds. The monoisotopic (exact) mass is 227 g/mol. The van der Waals surface area contributed by atoms with E-state index in [-0.39, 0.29) is 6.61 Å². The number of fused-ring (bicyclic) bond motifs is 1. The molecule has 17 heavy (non-hydrogen) atoms. The molecule has 0 unspecified atom stereocenters. The Labute approximate surface area is 98.8 Å². The maximum Gasteiger partial charge on any atom is 0.118 e. The molecule has 0 aliphatic carbocycles. The molecule has 2 aromatic heterocycles. The Morgan fingerprint density at radius 1 is 1.18 bits per heavy atom. The number of para-hydroxylation sites is 2. The number of imidazole rings is 1. The largest absolute Gasteiger partial charge is 0.390 e. The van der Waals surface area contributed by atoms with Gasteiger partial charge in [-0.2, -0.15) is 0 Å². The van der Waals surface area contributed by atoms with Gasteiger partial charge in [0, 0.05) is 12.7 Å².